The zero-order valence-electron chi connectivity index (χ0n) is 18.8. The zero-order chi connectivity index (χ0) is 24.7. The second kappa shape index (κ2) is 9.75. The number of nitrogens with one attached hydrogen (secondary N) is 2. The molecule has 2 aliphatic carbocycles. The van der Waals surface area contributed by atoms with Crippen molar-refractivity contribution in [1.29, 1.82) is 0 Å². The molecule has 2 atom stereocenters. The van der Waals surface area contributed by atoms with Crippen LogP contribution in [0.25, 0.3) is 11.2 Å². The molecule has 1 aromatic carbocycles. The number of halogens is 3. The minimum atomic E-state index is -0.609. The van der Waals surface area contributed by atoms with Gasteiger partial charge in [0.05, 0.1) is 29.1 Å². The Kier molecular flexibility index (Phi) is 6.69. The van der Waals surface area contributed by atoms with Crippen LogP contribution in [0.2, 0.25) is 10.0 Å². The van der Waals surface area contributed by atoms with Crippen LogP contribution in [0.4, 0.5) is 22.0 Å². The van der Waals surface area contributed by atoms with E-state index in [1.807, 2.05) is 4.57 Å². The second-order valence-corrected chi connectivity index (χ2v) is 10.1. The van der Waals surface area contributed by atoms with Gasteiger partial charge in [0.15, 0.2) is 5.65 Å². The number of aliphatic hydroxyl groups is 1. The van der Waals surface area contributed by atoms with Gasteiger partial charge in [-0.15, -0.1) is 0 Å². The number of primary amides is 1. The van der Waals surface area contributed by atoms with Crippen LogP contribution >= 0.6 is 23.2 Å². The molecule has 2 aliphatic rings. The van der Waals surface area contributed by atoms with Crippen molar-refractivity contribution in [2.24, 2.45) is 11.7 Å². The summed E-state index contributed by atoms with van der Waals surface area (Å²) in [7, 11) is 0. The monoisotopic (exact) mass is 521 g/mol. The molecule has 5 N–H and O–H groups in total. The van der Waals surface area contributed by atoms with E-state index in [0.29, 0.717) is 48.7 Å². The number of fused-ring (bicyclic) bond motifs is 1. The Morgan fingerprint density at radius 2 is 1.91 bits per heavy atom. The molecule has 1 unspecified atom stereocenters. The van der Waals surface area contributed by atoms with Crippen LogP contribution in [0.15, 0.2) is 18.3 Å². The van der Waals surface area contributed by atoms with E-state index < -0.39 is 11.9 Å². The van der Waals surface area contributed by atoms with Gasteiger partial charge in [-0.05, 0) is 57.1 Å². The number of amides is 1. The predicted molar refractivity (Wildman–Crippen MR) is 132 cm³/mol. The SMILES string of the molecule is NC(=O)[C@H]1CC[C@@H](n2c(Nc3c(F)cc(Cl)cc3Cl)nc3cnc(NC4CCC[C@H]4O)nc32)CC1. The molecule has 2 saturated carbocycles. The Hall–Kier alpha value is -2.69. The Balaban J connectivity index is 1.54. The minimum absolute atomic E-state index is 0.0490. The van der Waals surface area contributed by atoms with Crippen molar-refractivity contribution in [2.75, 3.05) is 10.6 Å². The second-order valence-electron chi connectivity index (χ2n) is 9.23. The summed E-state index contributed by atoms with van der Waals surface area (Å²) in [4.78, 5) is 25.4. The summed E-state index contributed by atoms with van der Waals surface area (Å²) in [5, 5.41) is 16.7. The third kappa shape index (κ3) is 4.87. The van der Waals surface area contributed by atoms with Crippen LogP contribution in [0, 0.1) is 11.7 Å². The lowest BCUT2D eigenvalue weighted by Crippen LogP contribution is -2.29. The average Bonchev–Trinajstić information content (AvgIpc) is 3.38. The minimum Gasteiger partial charge on any atom is -0.391 e. The highest BCUT2D eigenvalue weighted by Gasteiger charge is 2.30. The smallest absolute Gasteiger partial charge is 0.225 e. The predicted octanol–water partition coefficient (Wildman–Crippen LogP) is 4.56. The largest absolute Gasteiger partial charge is 0.391 e. The first-order chi connectivity index (χ1) is 16.8. The fraction of sp³-hybridized carbons (Fsp3) is 0.478. The van der Waals surface area contributed by atoms with Gasteiger partial charge < -0.3 is 21.5 Å². The Morgan fingerprint density at radius 3 is 2.57 bits per heavy atom. The molecule has 186 valence electrons. The van der Waals surface area contributed by atoms with Gasteiger partial charge >= 0.3 is 0 Å². The van der Waals surface area contributed by atoms with Crippen LogP contribution < -0.4 is 16.4 Å². The molecular formula is C23H26Cl2FN7O2. The highest BCUT2D eigenvalue weighted by atomic mass is 35.5. The summed E-state index contributed by atoms with van der Waals surface area (Å²) in [5.74, 6) is -0.328. The van der Waals surface area contributed by atoms with Gasteiger partial charge in [0.1, 0.15) is 11.3 Å². The standard InChI is InChI=1S/C23H26Cl2FN7O2/c24-12-8-14(25)19(15(26)9-12)31-23-30-17-10-28-22(29-16-2-1-3-18(16)34)32-21(17)33(23)13-6-4-11(5-7-13)20(27)35/h8-11,13,16,18,34H,1-7H2,(H2,27,35)(H,30,31)(H,28,29,32)/t11-,13+,16?,18-/m1/s1. The molecule has 2 heterocycles. The van der Waals surface area contributed by atoms with E-state index in [-0.39, 0.29) is 39.6 Å². The van der Waals surface area contributed by atoms with E-state index >= 15 is 0 Å². The maximum Gasteiger partial charge on any atom is 0.225 e. The normalized spacial score (nSPS) is 24.6. The lowest BCUT2D eigenvalue weighted by molar-refractivity contribution is -0.122. The maximum atomic E-state index is 14.7. The summed E-state index contributed by atoms with van der Waals surface area (Å²) in [5.41, 5.74) is 6.66. The van der Waals surface area contributed by atoms with Gasteiger partial charge in [0, 0.05) is 17.0 Å². The van der Waals surface area contributed by atoms with Crippen molar-refractivity contribution in [3.63, 3.8) is 0 Å². The fourth-order valence-electron chi connectivity index (χ4n) is 5.06. The topological polar surface area (TPSA) is 131 Å². The summed E-state index contributed by atoms with van der Waals surface area (Å²) in [6, 6.07) is 2.46. The molecule has 5 rings (SSSR count). The van der Waals surface area contributed by atoms with Crippen molar-refractivity contribution in [2.45, 2.75) is 63.1 Å². The van der Waals surface area contributed by atoms with Crippen LogP contribution in [-0.2, 0) is 4.79 Å². The van der Waals surface area contributed by atoms with Gasteiger partial charge in [0.25, 0.3) is 0 Å². The van der Waals surface area contributed by atoms with Crippen LogP contribution in [0.5, 0.6) is 0 Å². The van der Waals surface area contributed by atoms with Crippen molar-refractivity contribution in [3.8, 4) is 0 Å². The molecule has 0 bridgehead atoms. The lowest BCUT2D eigenvalue weighted by Gasteiger charge is -2.29. The lowest BCUT2D eigenvalue weighted by atomic mass is 9.85. The number of carbonyl (C=O) groups is 1. The van der Waals surface area contributed by atoms with Crippen LogP contribution in [-0.4, -0.2) is 42.7 Å². The molecule has 3 aromatic rings. The number of carbonyl (C=O) groups excluding carboxylic acids is 1. The van der Waals surface area contributed by atoms with E-state index in [9.17, 15) is 14.3 Å². The number of hydrogen-bond acceptors (Lipinski definition) is 7. The van der Waals surface area contributed by atoms with E-state index in [1.165, 1.54) is 12.1 Å². The van der Waals surface area contributed by atoms with Crippen molar-refractivity contribution in [1.82, 2.24) is 19.5 Å². The summed E-state index contributed by atoms with van der Waals surface area (Å²) >= 11 is 12.2. The number of imidazole rings is 1. The van der Waals surface area contributed by atoms with E-state index in [2.05, 4.69) is 20.6 Å². The summed E-state index contributed by atoms with van der Waals surface area (Å²) < 4.78 is 16.6. The first-order valence-corrected chi connectivity index (χ1v) is 12.5. The van der Waals surface area contributed by atoms with E-state index in [1.54, 1.807) is 6.20 Å². The van der Waals surface area contributed by atoms with Crippen molar-refractivity contribution >= 4 is 57.9 Å². The molecule has 12 heteroatoms. The van der Waals surface area contributed by atoms with E-state index in [0.717, 1.165) is 19.3 Å². The Morgan fingerprint density at radius 1 is 1.14 bits per heavy atom. The number of aromatic nitrogens is 4. The molecule has 2 aromatic heterocycles. The van der Waals surface area contributed by atoms with Crippen molar-refractivity contribution in [3.05, 3.63) is 34.2 Å². The van der Waals surface area contributed by atoms with Gasteiger partial charge in [-0.25, -0.2) is 14.4 Å². The molecule has 9 nitrogen and oxygen atoms in total. The van der Waals surface area contributed by atoms with Crippen molar-refractivity contribution < 1.29 is 14.3 Å². The first-order valence-electron chi connectivity index (χ1n) is 11.7. The van der Waals surface area contributed by atoms with Gasteiger partial charge in [-0.2, -0.15) is 4.98 Å². The molecule has 0 spiro atoms. The Bertz CT molecular complexity index is 1240. The maximum absolute atomic E-state index is 14.7. The number of anilines is 3. The molecule has 35 heavy (non-hydrogen) atoms. The first kappa shape index (κ1) is 24.0. The fourth-order valence-corrected chi connectivity index (χ4v) is 5.58. The molecule has 2 fully saturated rings. The van der Waals surface area contributed by atoms with Gasteiger partial charge in [-0.3, -0.25) is 9.36 Å². The summed E-state index contributed by atoms with van der Waals surface area (Å²) in [6.07, 6.45) is 6.29. The van der Waals surface area contributed by atoms with Gasteiger partial charge in [0.2, 0.25) is 17.8 Å². The molecule has 0 saturated heterocycles. The molecule has 1 amide bonds. The third-order valence-electron chi connectivity index (χ3n) is 6.93. The van der Waals surface area contributed by atoms with E-state index in [4.69, 9.17) is 33.9 Å². The molecule has 0 radical (unpaired) electrons. The number of aliphatic hydroxyl groups excluding tert-OH is 1. The average molecular weight is 522 g/mol. The van der Waals surface area contributed by atoms with Gasteiger partial charge in [-0.1, -0.05) is 23.2 Å². The number of hydrogen-bond donors (Lipinski definition) is 4. The molecular weight excluding hydrogens is 496 g/mol. The quantitative estimate of drug-likeness (QED) is 0.373. The number of rotatable bonds is 6. The highest BCUT2D eigenvalue weighted by molar-refractivity contribution is 6.36. The van der Waals surface area contributed by atoms with Crippen LogP contribution in [0.1, 0.15) is 51.0 Å². The molecule has 0 aliphatic heterocycles. The highest BCUT2D eigenvalue weighted by Crippen LogP contribution is 2.38. The number of nitrogens with zero attached hydrogens (tertiary/aromatic N) is 4. The zero-order valence-corrected chi connectivity index (χ0v) is 20.4. The number of benzene rings is 1. The summed E-state index contributed by atoms with van der Waals surface area (Å²) in [6.45, 7) is 0. The number of nitrogens with two attached hydrogens (primary N) is 1. The Labute approximate surface area is 211 Å². The van der Waals surface area contributed by atoms with Crippen LogP contribution in [0.3, 0.4) is 0 Å². The third-order valence-corrected chi connectivity index (χ3v) is 7.45.